The summed E-state index contributed by atoms with van der Waals surface area (Å²) in [6.07, 6.45) is -8.47. The molecule has 4 unspecified atom stereocenters. The summed E-state index contributed by atoms with van der Waals surface area (Å²) in [6.45, 7) is 10.7. The molecule has 0 aliphatic heterocycles. The first-order chi connectivity index (χ1) is 52.0. The third-order valence-corrected chi connectivity index (χ3v) is 20.1. The SMILES string of the molecule is C#CC.CCC(CO)COc1ccc(C(F)(F)F)cc1.CCC(COc1ccc(C(F)(F)F)cc1)COS(C)(=O)=O.CCC(COc1ccc(C(F)(F)F)cc1)CSc1ccc(CC(=O)O)cc1Cl.CCC(COc1ccc(C(F)(F)F)cc1)CSc1ccc(CC(=O)OC)cc1Cl.COC(=O)Cc1ccc(S)c(Cl)c1.[HH].[HH].[Li+].[OH-]. The number of thioether (sulfide) groups is 2. The van der Waals surface area contributed by atoms with Crippen molar-refractivity contribution < 1.29 is 145 Å². The minimum Gasteiger partial charge on any atom is -0.870 e. The van der Waals surface area contributed by atoms with Crippen LogP contribution in [0.15, 0.2) is 166 Å². The number of hydrogen-bond donors (Lipinski definition) is 3. The average Bonchev–Trinajstić information content (AvgIpc) is 0.843. The van der Waals surface area contributed by atoms with Gasteiger partial charge in [-0.25, -0.2) is 0 Å². The number of terminal acetylenes is 1. The van der Waals surface area contributed by atoms with Gasteiger partial charge in [-0.2, -0.15) is 61.1 Å². The minimum absolute atomic E-state index is 0. The maximum absolute atomic E-state index is 12.6. The number of rotatable bonds is 32. The van der Waals surface area contributed by atoms with Crippen LogP contribution in [-0.2, 0) is 82.1 Å². The molecule has 0 aliphatic rings. The van der Waals surface area contributed by atoms with Gasteiger partial charge in [0.05, 0.1) is 110 Å². The van der Waals surface area contributed by atoms with Gasteiger partial charge < -0.3 is 44.1 Å². The van der Waals surface area contributed by atoms with Gasteiger partial charge in [0.1, 0.15) is 23.0 Å². The molecular weight excluding hydrogens is 1650 g/mol. The second-order valence-corrected chi connectivity index (χ2v) is 29.4. The van der Waals surface area contributed by atoms with Gasteiger partial charge in [0.2, 0.25) is 0 Å². The van der Waals surface area contributed by atoms with Crippen LogP contribution in [0.2, 0.25) is 15.1 Å². The number of esters is 2. The normalized spacial score (nSPS) is 12.1. The number of carboxylic acid groups (broad SMARTS) is 1. The van der Waals surface area contributed by atoms with E-state index in [2.05, 4.69) is 38.6 Å². The molecule has 113 heavy (non-hydrogen) atoms. The van der Waals surface area contributed by atoms with E-state index in [0.29, 0.717) is 74.8 Å². The van der Waals surface area contributed by atoms with Crippen LogP contribution in [-0.4, -0.2) is 114 Å². The largest absolute Gasteiger partial charge is 1.00 e. The summed E-state index contributed by atoms with van der Waals surface area (Å²) in [5, 5.41) is 19.4. The van der Waals surface area contributed by atoms with Crippen molar-refractivity contribution in [2.45, 2.75) is 119 Å². The molecule has 7 rings (SSSR count). The maximum atomic E-state index is 12.6. The molecule has 624 valence electrons. The van der Waals surface area contributed by atoms with E-state index < -0.39 is 63.0 Å². The Kier molecular flexibility index (Phi) is 50.9. The molecule has 35 heteroatoms. The number of aliphatic hydroxyl groups is 1. The van der Waals surface area contributed by atoms with E-state index in [9.17, 15) is 75.5 Å². The smallest absolute Gasteiger partial charge is 0.870 e. The van der Waals surface area contributed by atoms with Crippen molar-refractivity contribution in [1.82, 2.24) is 0 Å². The number of thiol groups is 1. The van der Waals surface area contributed by atoms with Crippen LogP contribution < -0.4 is 37.8 Å². The molecular formula is C78H92Cl3F12LiO15S4. The third kappa shape index (κ3) is 44.8. The molecule has 0 saturated heterocycles. The Hall–Kier alpha value is -6.78. The number of carbonyl (C=O) groups excluding carboxylic acids is 2. The van der Waals surface area contributed by atoms with Crippen LogP contribution in [0.4, 0.5) is 52.7 Å². The molecule has 0 fully saturated rings. The Morgan fingerprint density at radius 2 is 0.761 bits per heavy atom. The maximum Gasteiger partial charge on any atom is 1.00 e. The molecule has 7 aromatic rings. The number of aliphatic hydroxyl groups excluding tert-OH is 1. The zero-order chi connectivity index (χ0) is 83.7. The topological polar surface area (TPSA) is 220 Å². The van der Waals surface area contributed by atoms with Gasteiger partial charge in [0.25, 0.3) is 10.1 Å². The van der Waals surface area contributed by atoms with Crippen LogP contribution in [0.3, 0.4) is 0 Å². The first-order valence-corrected chi connectivity index (χ1v) is 39.1. The minimum atomic E-state index is -4.38. The van der Waals surface area contributed by atoms with Gasteiger partial charge in [0.15, 0.2) is 0 Å². The Bertz CT molecular complexity index is 4080. The predicted molar refractivity (Wildman–Crippen MR) is 417 cm³/mol. The Morgan fingerprint density at radius 3 is 1.01 bits per heavy atom. The van der Waals surface area contributed by atoms with E-state index in [1.165, 1.54) is 62.8 Å². The molecule has 15 nitrogen and oxygen atoms in total. The Labute approximate surface area is 695 Å². The van der Waals surface area contributed by atoms with Crippen molar-refractivity contribution in [3.63, 3.8) is 0 Å². The predicted octanol–water partition coefficient (Wildman–Crippen LogP) is 18.9. The van der Waals surface area contributed by atoms with E-state index >= 15 is 0 Å². The van der Waals surface area contributed by atoms with E-state index in [0.717, 1.165) is 106 Å². The second-order valence-electron chi connectivity index (χ2n) is 23.9. The van der Waals surface area contributed by atoms with Gasteiger partial charge in [-0.3, -0.25) is 18.6 Å². The van der Waals surface area contributed by atoms with Crippen molar-refractivity contribution in [3.8, 4) is 35.3 Å². The van der Waals surface area contributed by atoms with Crippen LogP contribution in [0.25, 0.3) is 0 Å². The zero-order valence-corrected chi connectivity index (χ0v) is 68.6. The van der Waals surface area contributed by atoms with E-state index in [1.807, 2.05) is 39.8 Å². The number of benzene rings is 7. The van der Waals surface area contributed by atoms with E-state index in [4.69, 9.17) is 64.0 Å². The number of aliphatic carboxylic acids is 1. The summed E-state index contributed by atoms with van der Waals surface area (Å²) >= 11 is 25.6. The molecule has 0 aromatic heterocycles. The average molecular weight is 1740 g/mol. The van der Waals surface area contributed by atoms with Crippen molar-refractivity contribution in [1.29, 1.82) is 0 Å². The Balaban J connectivity index is -0.00000137. The van der Waals surface area contributed by atoms with Crippen LogP contribution in [0, 0.1) is 36.0 Å². The molecule has 0 heterocycles. The molecule has 0 saturated carbocycles. The summed E-state index contributed by atoms with van der Waals surface area (Å²) in [4.78, 5) is 35.4. The molecule has 0 spiro atoms. The molecule has 0 bridgehead atoms. The summed E-state index contributed by atoms with van der Waals surface area (Å²) in [6, 6.07) is 34.1. The summed E-state index contributed by atoms with van der Waals surface area (Å²) in [5.74, 6) is 3.90. The number of hydrogen-bond acceptors (Lipinski definition) is 17. The van der Waals surface area contributed by atoms with Gasteiger partial charge >= 0.3 is 61.5 Å². The molecule has 0 amide bonds. The summed E-state index contributed by atoms with van der Waals surface area (Å²) in [5.41, 5.74) is -0.597. The summed E-state index contributed by atoms with van der Waals surface area (Å²) in [7, 11) is -0.818. The standard InChI is InChI=1S/C21H22ClF3O3S.C20H20ClF3O3S.C13H17F3O4S.C12H15F3O2.C9H9ClO2S.C3H4.Li.H2O.2H2/c1-3-14(12-28-17-7-5-16(6-8-17)21(23,24)25)13-29-19-9-4-15(10-18(19)22)11-20(26)27-2;1-2-13(11-27-16-6-4-15(5-7-16)20(22,23)24)12-28-18-8-3-14(9-17(18)21)10-19(25)26;1-3-10(9-20-21(2,17)18)8-19-12-6-4-11(5-7-12)13(14,15)16;1-2-9(7-16)8-17-11-5-3-10(4-6-11)12(13,14)15;1-12-9(11)5-6-2-3-8(13)7(10)4-6;1-3-2;;;;/h4-10,14H,3,11-13H2,1-2H3;3-9,13H,2,10-12H2,1H3,(H,25,26);4-7,10H,3,8-9H2,1-2H3;3-6,9,16H,2,7-8H2,1H3;2-4,13H,5H2,1H3;1H,2H3;;1H2;2*1H/q;;;;;;+1;;;/p-1. The van der Waals surface area contributed by atoms with Gasteiger partial charge in [0, 0.05) is 59.3 Å². The number of halogens is 15. The van der Waals surface area contributed by atoms with Gasteiger partial charge in [-0.1, -0.05) is 80.7 Å². The third-order valence-electron chi connectivity index (χ3n) is 15.2. The molecule has 4 atom stereocenters. The monoisotopic (exact) mass is 1740 g/mol. The van der Waals surface area contributed by atoms with Crippen LogP contribution in [0.1, 0.15) is 102 Å². The van der Waals surface area contributed by atoms with Crippen molar-refractivity contribution in [2.75, 3.05) is 71.6 Å². The Morgan fingerprint density at radius 1 is 0.487 bits per heavy atom. The fourth-order valence-corrected chi connectivity index (χ4v) is 12.2. The van der Waals surface area contributed by atoms with Crippen molar-refractivity contribution in [2.24, 2.45) is 23.7 Å². The van der Waals surface area contributed by atoms with Gasteiger partial charge in [-0.05, 0) is 183 Å². The number of ether oxygens (including phenoxy) is 6. The van der Waals surface area contributed by atoms with Crippen LogP contribution >= 0.6 is 71.0 Å². The van der Waals surface area contributed by atoms with E-state index in [-0.39, 0.29) is 102 Å². The molecule has 0 aliphatic carbocycles. The molecule has 3 N–H and O–H groups in total. The van der Waals surface area contributed by atoms with Crippen molar-refractivity contribution >= 4 is 99.0 Å². The van der Waals surface area contributed by atoms with Crippen LogP contribution in [0.5, 0.6) is 23.0 Å². The fourth-order valence-electron chi connectivity index (χ4n) is 8.46. The fraction of sp³-hybridized carbons (Fsp3) is 0.397. The number of methoxy groups -OCH3 is 2. The molecule has 0 radical (unpaired) electrons. The second kappa shape index (κ2) is 54.2. The summed E-state index contributed by atoms with van der Waals surface area (Å²) < 4.78 is 207. The molecule has 7 aromatic carbocycles. The quantitative estimate of drug-likeness (QED) is 0.00679. The number of carboxylic acids is 1. The van der Waals surface area contributed by atoms with Crippen molar-refractivity contribution in [3.05, 3.63) is 206 Å². The number of alkyl halides is 12. The first-order valence-electron chi connectivity index (χ1n) is 33.7. The number of carbonyl (C=O) groups is 3. The van der Waals surface area contributed by atoms with Gasteiger partial charge in [-0.15, -0.1) is 48.5 Å². The van der Waals surface area contributed by atoms with E-state index in [1.54, 1.807) is 72.9 Å². The zero-order valence-electron chi connectivity index (χ0n) is 63.0. The first kappa shape index (κ1) is 106.